The molecule has 0 aliphatic rings. The van der Waals surface area contributed by atoms with E-state index in [-0.39, 0.29) is 0 Å². The van der Waals surface area contributed by atoms with E-state index < -0.39 is 0 Å². The Bertz CT molecular complexity index is 568. The number of benzene rings is 1. The second-order valence-corrected chi connectivity index (χ2v) is 5.80. The Hall–Kier alpha value is -1.16. The fourth-order valence-electron chi connectivity index (χ4n) is 1.72. The van der Waals surface area contributed by atoms with E-state index >= 15 is 0 Å². The summed E-state index contributed by atoms with van der Waals surface area (Å²) in [6.45, 7) is 5.00. The molecule has 0 saturated carbocycles. The van der Waals surface area contributed by atoms with Crippen molar-refractivity contribution < 1.29 is 0 Å². The van der Waals surface area contributed by atoms with Crippen LogP contribution in [0.4, 0.5) is 0 Å². The van der Waals surface area contributed by atoms with Gasteiger partial charge in [-0.3, -0.25) is 0 Å². The van der Waals surface area contributed by atoms with Crippen LogP contribution in [0.3, 0.4) is 0 Å². The molecule has 2 rings (SSSR count). The summed E-state index contributed by atoms with van der Waals surface area (Å²) in [7, 11) is 0. The lowest BCUT2D eigenvalue weighted by Crippen LogP contribution is -2.22. The highest BCUT2D eigenvalue weighted by atomic mass is 35.5. The predicted molar refractivity (Wildman–Crippen MR) is 83.3 cm³/mol. The fourth-order valence-corrected chi connectivity index (χ4v) is 2.20. The molecule has 106 valence electrons. The summed E-state index contributed by atoms with van der Waals surface area (Å²) in [5, 5.41) is 4.61. The van der Waals surface area contributed by atoms with E-state index in [1.807, 2.05) is 24.5 Å². The third kappa shape index (κ3) is 4.44. The Morgan fingerprint density at radius 3 is 2.45 bits per heavy atom. The predicted octanol–water partition coefficient (Wildman–Crippen LogP) is 3.87. The Labute approximate surface area is 129 Å². The number of aromatic nitrogens is 2. The maximum atomic E-state index is 6.15. The van der Waals surface area contributed by atoms with Crippen LogP contribution in [0.1, 0.15) is 30.8 Å². The van der Waals surface area contributed by atoms with Gasteiger partial charge in [0.15, 0.2) is 0 Å². The molecule has 1 aromatic heterocycles. The van der Waals surface area contributed by atoms with Gasteiger partial charge in [0.05, 0.1) is 0 Å². The summed E-state index contributed by atoms with van der Waals surface area (Å²) in [4.78, 5) is 8.75. The number of rotatable bonds is 5. The first-order valence-electron chi connectivity index (χ1n) is 6.51. The zero-order valence-electron chi connectivity index (χ0n) is 11.5. The Morgan fingerprint density at radius 2 is 1.85 bits per heavy atom. The first kappa shape index (κ1) is 15.2. The van der Waals surface area contributed by atoms with Crippen LogP contribution in [0.25, 0.3) is 0 Å². The van der Waals surface area contributed by atoms with Gasteiger partial charge in [0.25, 0.3) is 0 Å². The molecule has 0 unspecified atom stereocenters. The molecule has 5 heteroatoms. The van der Waals surface area contributed by atoms with Crippen molar-refractivity contribution in [3.8, 4) is 0 Å². The zero-order valence-corrected chi connectivity index (χ0v) is 13.0. The lowest BCUT2D eigenvalue weighted by atomic mass is 10.1. The average molecular weight is 310 g/mol. The van der Waals surface area contributed by atoms with Crippen molar-refractivity contribution in [1.29, 1.82) is 0 Å². The van der Waals surface area contributed by atoms with E-state index in [0.29, 0.717) is 22.5 Å². The minimum absolute atomic E-state index is 0.447. The summed E-state index contributed by atoms with van der Waals surface area (Å²) in [6, 6.07) is 5.91. The first-order valence-corrected chi connectivity index (χ1v) is 7.27. The number of halogens is 2. The molecule has 0 spiro atoms. The standard InChI is InChI=1S/C15H17Cl2N3/c1-10(2)18-7-11-8-19-15(20-9-11)5-12-3-4-13(16)6-14(12)17/h3-4,6,8-10,18H,5,7H2,1-2H3. The van der Waals surface area contributed by atoms with Crippen molar-refractivity contribution in [3.05, 3.63) is 57.6 Å². The van der Waals surface area contributed by atoms with Gasteiger partial charge in [-0.15, -0.1) is 0 Å². The minimum Gasteiger partial charge on any atom is -0.310 e. The number of hydrogen-bond acceptors (Lipinski definition) is 3. The van der Waals surface area contributed by atoms with Crippen LogP contribution in [-0.2, 0) is 13.0 Å². The highest BCUT2D eigenvalue weighted by molar-refractivity contribution is 6.35. The van der Waals surface area contributed by atoms with Crippen molar-refractivity contribution >= 4 is 23.2 Å². The first-order chi connectivity index (χ1) is 9.54. The van der Waals surface area contributed by atoms with Gasteiger partial charge in [-0.05, 0) is 17.7 Å². The van der Waals surface area contributed by atoms with E-state index in [1.54, 1.807) is 6.07 Å². The lowest BCUT2D eigenvalue weighted by molar-refractivity contribution is 0.586. The molecule has 3 nitrogen and oxygen atoms in total. The van der Waals surface area contributed by atoms with Gasteiger partial charge in [-0.25, -0.2) is 9.97 Å². The molecule has 0 aliphatic heterocycles. The van der Waals surface area contributed by atoms with Crippen LogP contribution >= 0.6 is 23.2 Å². The molecule has 0 aliphatic carbocycles. The highest BCUT2D eigenvalue weighted by Gasteiger charge is 2.05. The molecule has 0 saturated heterocycles. The lowest BCUT2D eigenvalue weighted by Gasteiger charge is -2.08. The third-order valence-electron chi connectivity index (χ3n) is 2.84. The maximum Gasteiger partial charge on any atom is 0.132 e. The number of nitrogens with one attached hydrogen (secondary N) is 1. The molecule has 0 radical (unpaired) electrons. The van der Waals surface area contributed by atoms with Gasteiger partial charge in [-0.2, -0.15) is 0 Å². The summed E-state index contributed by atoms with van der Waals surface area (Å²) < 4.78 is 0. The van der Waals surface area contributed by atoms with Gasteiger partial charge in [-0.1, -0.05) is 43.1 Å². The Balaban J connectivity index is 2.03. The van der Waals surface area contributed by atoms with E-state index in [0.717, 1.165) is 23.5 Å². The van der Waals surface area contributed by atoms with Crippen LogP contribution in [-0.4, -0.2) is 16.0 Å². The molecule has 1 N–H and O–H groups in total. The minimum atomic E-state index is 0.447. The monoisotopic (exact) mass is 309 g/mol. The second kappa shape index (κ2) is 7.02. The van der Waals surface area contributed by atoms with E-state index in [9.17, 15) is 0 Å². The van der Waals surface area contributed by atoms with Gasteiger partial charge in [0.1, 0.15) is 5.82 Å². The van der Waals surface area contributed by atoms with Crippen molar-refractivity contribution in [1.82, 2.24) is 15.3 Å². The topological polar surface area (TPSA) is 37.8 Å². The van der Waals surface area contributed by atoms with E-state index in [4.69, 9.17) is 23.2 Å². The summed E-state index contributed by atoms with van der Waals surface area (Å²) in [5.74, 6) is 0.752. The number of hydrogen-bond donors (Lipinski definition) is 1. The maximum absolute atomic E-state index is 6.15. The van der Waals surface area contributed by atoms with Crippen LogP contribution < -0.4 is 5.32 Å². The SMILES string of the molecule is CC(C)NCc1cnc(Cc2ccc(Cl)cc2Cl)nc1. The normalized spacial score (nSPS) is 11.1. The molecule has 1 aromatic carbocycles. The fraction of sp³-hybridized carbons (Fsp3) is 0.333. The Kier molecular flexibility index (Phi) is 5.35. The van der Waals surface area contributed by atoms with Gasteiger partial charge < -0.3 is 5.32 Å². The zero-order chi connectivity index (χ0) is 14.5. The molecule has 0 amide bonds. The van der Waals surface area contributed by atoms with E-state index in [1.165, 1.54) is 0 Å². The summed E-state index contributed by atoms with van der Waals surface area (Å²) >= 11 is 12.0. The molecule has 0 fully saturated rings. The van der Waals surface area contributed by atoms with Gasteiger partial charge in [0.2, 0.25) is 0 Å². The van der Waals surface area contributed by atoms with E-state index in [2.05, 4.69) is 29.1 Å². The van der Waals surface area contributed by atoms with Gasteiger partial charge in [0, 0.05) is 47.0 Å². The molecule has 2 aromatic rings. The number of nitrogens with zero attached hydrogens (tertiary/aromatic N) is 2. The van der Waals surface area contributed by atoms with Crippen LogP contribution in [0.15, 0.2) is 30.6 Å². The third-order valence-corrected chi connectivity index (χ3v) is 3.42. The largest absolute Gasteiger partial charge is 0.310 e. The quantitative estimate of drug-likeness (QED) is 0.911. The van der Waals surface area contributed by atoms with Crippen molar-refractivity contribution in [3.63, 3.8) is 0 Å². The average Bonchev–Trinajstić information content (AvgIpc) is 2.41. The van der Waals surface area contributed by atoms with Crippen molar-refractivity contribution in [2.75, 3.05) is 0 Å². The Morgan fingerprint density at radius 1 is 1.15 bits per heavy atom. The van der Waals surface area contributed by atoms with Crippen LogP contribution in [0.2, 0.25) is 10.0 Å². The molecule has 0 bridgehead atoms. The molecule has 1 heterocycles. The summed E-state index contributed by atoms with van der Waals surface area (Å²) in [5.41, 5.74) is 2.05. The smallest absolute Gasteiger partial charge is 0.132 e. The van der Waals surface area contributed by atoms with Crippen molar-refractivity contribution in [2.45, 2.75) is 32.9 Å². The van der Waals surface area contributed by atoms with Crippen LogP contribution in [0, 0.1) is 0 Å². The van der Waals surface area contributed by atoms with Crippen LogP contribution in [0.5, 0.6) is 0 Å². The molecular weight excluding hydrogens is 293 g/mol. The van der Waals surface area contributed by atoms with Gasteiger partial charge >= 0.3 is 0 Å². The van der Waals surface area contributed by atoms with Crippen molar-refractivity contribution in [2.24, 2.45) is 0 Å². The molecule has 0 atom stereocenters. The highest BCUT2D eigenvalue weighted by Crippen LogP contribution is 2.22. The second-order valence-electron chi connectivity index (χ2n) is 4.96. The summed E-state index contributed by atoms with van der Waals surface area (Å²) in [6.07, 6.45) is 4.30. The molecular formula is C15H17Cl2N3. The molecule has 20 heavy (non-hydrogen) atoms.